The molecule has 1 saturated heterocycles. The lowest BCUT2D eigenvalue weighted by Gasteiger charge is -2.23. The van der Waals surface area contributed by atoms with Gasteiger partial charge in [-0.25, -0.2) is 0 Å². The third-order valence-electron chi connectivity index (χ3n) is 6.35. The number of guanidine groups is 1. The fourth-order valence-electron chi connectivity index (χ4n) is 4.74. The zero-order valence-corrected chi connectivity index (χ0v) is 19.4. The van der Waals surface area contributed by atoms with Gasteiger partial charge < -0.3 is 15.1 Å². The van der Waals surface area contributed by atoms with Gasteiger partial charge in [-0.05, 0) is 43.2 Å². The maximum atomic E-state index is 11.9. The minimum Gasteiger partial charge on any atom is -0.353 e. The third kappa shape index (κ3) is 4.47. The predicted molar refractivity (Wildman–Crippen MR) is 126 cm³/mol. The fourth-order valence-corrected chi connectivity index (χ4v) is 4.74. The molecule has 1 N–H and O–H groups in total. The van der Waals surface area contributed by atoms with Gasteiger partial charge in [0.25, 0.3) is 0 Å². The number of rotatable bonds is 6. The fraction of sp³-hybridized carbons (Fsp3) is 0.636. The molecule has 3 atom stereocenters. The van der Waals surface area contributed by atoms with Crippen LogP contribution >= 0.6 is 24.0 Å². The van der Waals surface area contributed by atoms with Crippen molar-refractivity contribution in [2.75, 3.05) is 31.6 Å². The summed E-state index contributed by atoms with van der Waals surface area (Å²) in [6.07, 6.45) is 6.59. The molecule has 2 aliphatic heterocycles. The number of anilines is 1. The molecule has 1 aliphatic carbocycles. The van der Waals surface area contributed by atoms with Gasteiger partial charge in [-0.3, -0.25) is 9.79 Å². The highest BCUT2D eigenvalue weighted by atomic mass is 127. The van der Waals surface area contributed by atoms with E-state index in [0.29, 0.717) is 17.9 Å². The average molecular weight is 496 g/mol. The summed E-state index contributed by atoms with van der Waals surface area (Å²) in [5.74, 6) is 2.59. The van der Waals surface area contributed by atoms with E-state index in [-0.39, 0.29) is 24.0 Å². The number of carbonyl (C=O) groups excluding carboxylic acids is 1. The summed E-state index contributed by atoms with van der Waals surface area (Å²) >= 11 is 0. The van der Waals surface area contributed by atoms with Crippen molar-refractivity contribution in [2.24, 2.45) is 10.9 Å². The Morgan fingerprint density at radius 2 is 2.11 bits per heavy atom. The van der Waals surface area contributed by atoms with Crippen molar-refractivity contribution < 1.29 is 4.79 Å². The Morgan fingerprint density at radius 3 is 2.82 bits per heavy atom. The topological polar surface area (TPSA) is 47.9 Å². The molecule has 2 fully saturated rings. The molecule has 4 rings (SSSR count). The second-order valence-electron chi connectivity index (χ2n) is 8.22. The molecule has 3 unspecified atom stereocenters. The molecule has 0 aromatic heterocycles. The zero-order valence-electron chi connectivity index (χ0n) is 17.1. The van der Waals surface area contributed by atoms with Crippen LogP contribution in [0.1, 0.15) is 56.9 Å². The molecule has 0 spiro atoms. The number of carbonyl (C=O) groups is 1. The number of halogens is 1. The Bertz CT molecular complexity index is 722. The highest BCUT2D eigenvalue weighted by Crippen LogP contribution is 2.39. The lowest BCUT2D eigenvalue weighted by Crippen LogP contribution is -2.42. The average Bonchev–Trinajstić information content (AvgIpc) is 3.11. The summed E-state index contributed by atoms with van der Waals surface area (Å²) < 4.78 is 0. The quantitative estimate of drug-likeness (QED) is 0.368. The standard InChI is InChI=1S/C22H32N4O.HI/c1-3-7-16-14-19(16)24-22(23-2)26-15-17(18-8-4-5-9-20(18)26)11-13-25-12-6-10-21(25)27;/h4-5,8-9,16-17,19H,3,6-7,10-15H2,1-2H3,(H,23,24);1H. The monoisotopic (exact) mass is 496 g/mol. The second-order valence-corrected chi connectivity index (χ2v) is 8.22. The van der Waals surface area contributed by atoms with E-state index in [1.807, 2.05) is 11.9 Å². The summed E-state index contributed by atoms with van der Waals surface area (Å²) in [7, 11) is 1.89. The summed E-state index contributed by atoms with van der Waals surface area (Å²) in [5.41, 5.74) is 2.67. The highest BCUT2D eigenvalue weighted by molar-refractivity contribution is 14.0. The van der Waals surface area contributed by atoms with Crippen molar-refractivity contribution in [3.05, 3.63) is 29.8 Å². The molecule has 5 nitrogen and oxygen atoms in total. The maximum absolute atomic E-state index is 11.9. The van der Waals surface area contributed by atoms with E-state index in [2.05, 4.69) is 46.4 Å². The van der Waals surface area contributed by atoms with Crippen molar-refractivity contribution in [3.63, 3.8) is 0 Å². The molecular formula is C22H33IN4O. The Balaban J connectivity index is 0.00000225. The molecule has 154 valence electrons. The summed E-state index contributed by atoms with van der Waals surface area (Å²) in [5, 5.41) is 3.69. The molecule has 1 amide bonds. The number of benzene rings is 1. The normalized spacial score (nSPS) is 26.3. The Morgan fingerprint density at radius 1 is 1.29 bits per heavy atom. The first-order valence-corrected chi connectivity index (χ1v) is 10.6. The zero-order chi connectivity index (χ0) is 18.8. The van der Waals surface area contributed by atoms with E-state index in [1.54, 1.807) is 0 Å². The first-order valence-electron chi connectivity index (χ1n) is 10.6. The number of hydrogen-bond acceptors (Lipinski definition) is 2. The molecule has 6 heteroatoms. The molecule has 2 heterocycles. The van der Waals surface area contributed by atoms with Crippen LogP contribution in [0, 0.1) is 5.92 Å². The largest absolute Gasteiger partial charge is 0.353 e. The van der Waals surface area contributed by atoms with Gasteiger partial charge in [0.05, 0.1) is 0 Å². The molecule has 1 saturated carbocycles. The number of fused-ring (bicyclic) bond motifs is 1. The van der Waals surface area contributed by atoms with Crippen molar-refractivity contribution in [3.8, 4) is 0 Å². The van der Waals surface area contributed by atoms with Gasteiger partial charge in [-0.1, -0.05) is 31.5 Å². The van der Waals surface area contributed by atoms with Crippen LogP contribution in [-0.2, 0) is 4.79 Å². The van der Waals surface area contributed by atoms with Crippen LogP contribution < -0.4 is 10.2 Å². The molecule has 0 bridgehead atoms. The number of nitrogens with zero attached hydrogens (tertiary/aromatic N) is 3. The van der Waals surface area contributed by atoms with Gasteiger partial charge in [-0.15, -0.1) is 24.0 Å². The number of aliphatic imine (C=N–C) groups is 1. The van der Waals surface area contributed by atoms with E-state index in [1.165, 1.54) is 30.5 Å². The molecule has 28 heavy (non-hydrogen) atoms. The van der Waals surface area contributed by atoms with Crippen LogP contribution in [0.2, 0.25) is 0 Å². The Hall–Kier alpha value is -1.31. The lowest BCUT2D eigenvalue weighted by atomic mass is 9.98. The van der Waals surface area contributed by atoms with E-state index < -0.39 is 0 Å². The minimum absolute atomic E-state index is 0. The molecule has 1 aromatic carbocycles. The first-order chi connectivity index (χ1) is 13.2. The van der Waals surface area contributed by atoms with E-state index >= 15 is 0 Å². The Labute approximate surface area is 186 Å². The smallest absolute Gasteiger partial charge is 0.222 e. The SMILES string of the molecule is CCCC1CC1NC(=NC)N1CC(CCN2CCCC2=O)c2ccccc21.I. The van der Waals surface area contributed by atoms with Crippen LogP contribution in [-0.4, -0.2) is 49.5 Å². The highest BCUT2D eigenvalue weighted by Gasteiger charge is 2.39. The third-order valence-corrected chi connectivity index (χ3v) is 6.35. The van der Waals surface area contributed by atoms with Crippen LogP contribution in [0.25, 0.3) is 0 Å². The molecule has 1 aromatic rings. The van der Waals surface area contributed by atoms with Gasteiger partial charge in [0.1, 0.15) is 0 Å². The number of amides is 1. The predicted octanol–water partition coefficient (Wildman–Crippen LogP) is 3.98. The summed E-state index contributed by atoms with van der Waals surface area (Å²) in [6, 6.07) is 9.28. The van der Waals surface area contributed by atoms with Crippen LogP contribution in [0.5, 0.6) is 0 Å². The molecule has 0 radical (unpaired) electrons. The van der Waals surface area contributed by atoms with Gasteiger partial charge in [-0.2, -0.15) is 0 Å². The van der Waals surface area contributed by atoms with Crippen LogP contribution in [0.3, 0.4) is 0 Å². The van der Waals surface area contributed by atoms with Crippen molar-refractivity contribution in [2.45, 2.75) is 57.4 Å². The minimum atomic E-state index is 0. The van der Waals surface area contributed by atoms with E-state index in [4.69, 9.17) is 0 Å². The van der Waals surface area contributed by atoms with Gasteiger partial charge in [0, 0.05) is 50.7 Å². The van der Waals surface area contributed by atoms with Gasteiger partial charge in [0.2, 0.25) is 5.91 Å². The van der Waals surface area contributed by atoms with E-state index in [9.17, 15) is 4.79 Å². The summed E-state index contributed by atoms with van der Waals surface area (Å²) in [4.78, 5) is 20.9. The maximum Gasteiger partial charge on any atom is 0.222 e. The number of likely N-dealkylation sites (tertiary alicyclic amines) is 1. The van der Waals surface area contributed by atoms with Gasteiger partial charge >= 0.3 is 0 Å². The molecule has 3 aliphatic rings. The van der Waals surface area contributed by atoms with Crippen molar-refractivity contribution >= 4 is 41.5 Å². The van der Waals surface area contributed by atoms with Crippen LogP contribution in [0.4, 0.5) is 5.69 Å². The van der Waals surface area contributed by atoms with E-state index in [0.717, 1.165) is 50.8 Å². The van der Waals surface area contributed by atoms with Crippen LogP contribution in [0.15, 0.2) is 29.3 Å². The molecular weight excluding hydrogens is 463 g/mol. The number of para-hydroxylation sites is 1. The van der Waals surface area contributed by atoms with Crippen molar-refractivity contribution in [1.29, 1.82) is 0 Å². The van der Waals surface area contributed by atoms with Gasteiger partial charge in [0.15, 0.2) is 5.96 Å². The van der Waals surface area contributed by atoms with Crippen molar-refractivity contribution in [1.82, 2.24) is 10.2 Å². The lowest BCUT2D eigenvalue weighted by molar-refractivity contribution is -0.127. The Kier molecular flexibility index (Phi) is 7.23. The first kappa shape index (κ1) is 21.4. The second kappa shape index (κ2) is 9.46. The number of nitrogens with one attached hydrogen (secondary N) is 1. The summed E-state index contributed by atoms with van der Waals surface area (Å²) in [6.45, 7) is 5.02. The number of hydrogen-bond donors (Lipinski definition) is 1.